The highest BCUT2D eigenvalue weighted by molar-refractivity contribution is 5.85. The molecule has 0 aromatic heterocycles. The molecule has 2 atom stereocenters. The number of rotatable bonds is 5. The molecule has 1 aliphatic carbocycles. The molecule has 2 unspecified atom stereocenters. The summed E-state index contributed by atoms with van der Waals surface area (Å²) in [4.78, 5) is 12.6. The maximum atomic E-state index is 13.4. The summed E-state index contributed by atoms with van der Waals surface area (Å²) >= 11 is 0. The lowest BCUT2D eigenvalue weighted by atomic mass is 9.93. The van der Waals surface area contributed by atoms with Crippen molar-refractivity contribution in [3.05, 3.63) is 71.5 Å². The van der Waals surface area contributed by atoms with Crippen molar-refractivity contribution in [3.8, 4) is 0 Å². The maximum Gasteiger partial charge on any atom is 0.225 e. The molecule has 0 aliphatic heterocycles. The largest absolute Gasteiger partial charge is 0.346 e. The zero-order valence-electron chi connectivity index (χ0n) is 13.5. The minimum atomic E-state index is -0.427. The molecular weight excluding hydrogens is 327 g/mol. The summed E-state index contributed by atoms with van der Waals surface area (Å²) in [5.41, 5.74) is 7.56. The fourth-order valence-corrected chi connectivity index (χ4v) is 2.87. The second-order valence-electron chi connectivity index (χ2n) is 6.31. The first kappa shape index (κ1) is 18.4. The van der Waals surface area contributed by atoms with E-state index in [-0.39, 0.29) is 36.1 Å². The predicted octanol–water partition coefficient (Wildman–Crippen LogP) is 3.69. The summed E-state index contributed by atoms with van der Waals surface area (Å²) < 4.78 is 13.4. The highest BCUT2D eigenvalue weighted by Gasteiger charge is 2.46. The first-order valence-corrected chi connectivity index (χ1v) is 7.90. The van der Waals surface area contributed by atoms with Crippen LogP contribution >= 0.6 is 12.4 Å². The fraction of sp³-hybridized carbons (Fsp3) is 0.316. The summed E-state index contributed by atoms with van der Waals surface area (Å²) in [6.45, 7) is 1.83. The minimum absolute atomic E-state index is 0. The molecule has 1 fully saturated rings. The van der Waals surface area contributed by atoms with Gasteiger partial charge in [-0.1, -0.05) is 49.4 Å². The van der Waals surface area contributed by atoms with Crippen molar-refractivity contribution in [2.45, 2.75) is 31.3 Å². The molecule has 2 aromatic carbocycles. The lowest BCUT2D eigenvalue weighted by Gasteiger charge is -2.24. The monoisotopic (exact) mass is 348 g/mol. The zero-order valence-corrected chi connectivity index (χ0v) is 14.4. The van der Waals surface area contributed by atoms with Crippen molar-refractivity contribution in [1.29, 1.82) is 0 Å². The Labute approximate surface area is 147 Å². The molecule has 5 heteroatoms. The SMILES string of the molecule is CC(C(=O)NC1(c2cccc(F)c2)CC1)C(N)c1ccccc1.Cl. The Bertz CT molecular complexity index is 704. The second-order valence-corrected chi connectivity index (χ2v) is 6.31. The fourth-order valence-electron chi connectivity index (χ4n) is 2.87. The van der Waals surface area contributed by atoms with Gasteiger partial charge in [-0.15, -0.1) is 12.4 Å². The van der Waals surface area contributed by atoms with Crippen molar-refractivity contribution >= 4 is 18.3 Å². The van der Waals surface area contributed by atoms with Crippen LogP contribution in [0.3, 0.4) is 0 Å². The normalized spacial score (nSPS) is 17.3. The van der Waals surface area contributed by atoms with Gasteiger partial charge in [0.2, 0.25) is 5.91 Å². The quantitative estimate of drug-likeness (QED) is 0.865. The summed E-state index contributed by atoms with van der Waals surface area (Å²) in [5, 5.41) is 3.08. The van der Waals surface area contributed by atoms with Crippen LogP contribution in [-0.4, -0.2) is 5.91 Å². The Morgan fingerprint density at radius 1 is 1.17 bits per heavy atom. The van der Waals surface area contributed by atoms with Crippen molar-refractivity contribution < 1.29 is 9.18 Å². The molecule has 3 N–H and O–H groups in total. The van der Waals surface area contributed by atoms with E-state index in [0.717, 1.165) is 24.0 Å². The molecule has 0 saturated heterocycles. The molecule has 0 radical (unpaired) electrons. The van der Waals surface area contributed by atoms with Crippen molar-refractivity contribution in [1.82, 2.24) is 5.32 Å². The van der Waals surface area contributed by atoms with Gasteiger partial charge in [-0.3, -0.25) is 4.79 Å². The lowest BCUT2D eigenvalue weighted by Crippen LogP contribution is -2.41. The minimum Gasteiger partial charge on any atom is -0.346 e. The van der Waals surface area contributed by atoms with Gasteiger partial charge < -0.3 is 11.1 Å². The molecule has 1 aliphatic rings. The number of hydrogen-bond donors (Lipinski definition) is 2. The van der Waals surface area contributed by atoms with E-state index in [4.69, 9.17) is 5.73 Å². The van der Waals surface area contributed by atoms with E-state index < -0.39 is 5.54 Å². The smallest absolute Gasteiger partial charge is 0.225 e. The molecule has 0 bridgehead atoms. The zero-order chi connectivity index (χ0) is 16.4. The second kappa shape index (κ2) is 7.32. The van der Waals surface area contributed by atoms with Crippen LogP contribution in [0.2, 0.25) is 0 Å². The third-order valence-electron chi connectivity index (χ3n) is 4.63. The summed E-state index contributed by atoms with van der Waals surface area (Å²) in [6, 6.07) is 15.7. The summed E-state index contributed by atoms with van der Waals surface area (Å²) in [7, 11) is 0. The third-order valence-corrected chi connectivity index (χ3v) is 4.63. The van der Waals surface area contributed by atoms with E-state index >= 15 is 0 Å². The van der Waals surface area contributed by atoms with Gasteiger partial charge in [-0.25, -0.2) is 4.39 Å². The standard InChI is InChI=1S/C19H21FN2O.ClH/c1-13(17(21)14-6-3-2-4-7-14)18(23)22-19(10-11-19)15-8-5-9-16(20)12-15;/h2-9,12-13,17H,10-11,21H2,1H3,(H,22,23);1H. The number of nitrogens with two attached hydrogens (primary N) is 1. The van der Waals surface area contributed by atoms with Gasteiger partial charge in [0, 0.05) is 6.04 Å². The Kier molecular flexibility index (Phi) is 5.62. The van der Waals surface area contributed by atoms with Crippen LogP contribution in [-0.2, 0) is 10.3 Å². The van der Waals surface area contributed by atoms with Crippen molar-refractivity contribution in [2.24, 2.45) is 11.7 Å². The van der Waals surface area contributed by atoms with E-state index in [9.17, 15) is 9.18 Å². The van der Waals surface area contributed by atoms with Crippen LogP contribution in [0.5, 0.6) is 0 Å². The van der Waals surface area contributed by atoms with Gasteiger partial charge in [-0.05, 0) is 36.1 Å². The molecule has 3 nitrogen and oxygen atoms in total. The molecule has 0 spiro atoms. The first-order valence-electron chi connectivity index (χ1n) is 7.90. The lowest BCUT2D eigenvalue weighted by molar-refractivity contribution is -0.126. The predicted molar refractivity (Wildman–Crippen MR) is 95.2 cm³/mol. The molecule has 128 valence electrons. The number of nitrogens with one attached hydrogen (secondary N) is 1. The van der Waals surface area contributed by atoms with Crippen molar-refractivity contribution in [2.75, 3.05) is 0 Å². The van der Waals surface area contributed by atoms with Crippen molar-refractivity contribution in [3.63, 3.8) is 0 Å². The van der Waals surface area contributed by atoms with E-state index in [1.807, 2.05) is 43.3 Å². The highest BCUT2D eigenvalue weighted by atomic mass is 35.5. The van der Waals surface area contributed by atoms with Gasteiger partial charge in [0.05, 0.1) is 11.5 Å². The average Bonchev–Trinajstić information content (AvgIpc) is 3.35. The summed E-state index contributed by atoms with van der Waals surface area (Å²) in [5.74, 6) is -0.733. The number of amides is 1. The maximum absolute atomic E-state index is 13.4. The van der Waals surface area contributed by atoms with Gasteiger partial charge in [-0.2, -0.15) is 0 Å². The molecule has 1 amide bonds. The van der Waals surface area contributed by atoms with Gasteiger partial charge in [0.1, 0.15) is 5.82 Å². The van der Waals surface area contributed by atoms with E-state index in [2.05, 4.69) is 5.32 Å². The topological polar surface area (TPSA) is 55.1 Å². The number of benzene rings is 2. The Balaban J connectivity index is 0.00000208. The van der Waals surface area contributed by atoms with Gasteiger partial charge >= 0.3 is 0 Å². The molecule has 24 heavy (non-hydrogen) atoms. The van der Waals surface area contributed by atoms with Crippen LogP contribution in [0, 0.1) is 11.7 Å². The Hall–Kier alpha value is -1.91. The molecular formula is C19H22ClFN2O. The van der Waals surface area contributed by atoms with E-state index in [0.29, 0.717) is 0 Å². The third kappa shape index (κ3) is 3.77. The molecule has 1 saturated carbocycles. The van der Waals surface area contributed by atoms with Gasteiger partial charge in [0.25, 0.3) is 0 Å². The molecule has 3 rings (SSSR count). The van der Waals surface area contributed by atoms with Crippen LogP contribution in [0.4, 0.5) is 4.39 Å². The number of carbonyl (C=O) groups excluding carboxylic acids is 1. The van der Waals surface area contributed by atoms with Crippen LogP contribution in [0.15, 0.2) is 54.6 Å². The Morgan fingerprint density at radius 2 is 1.83 bits per heavy atom. The number of halogens is 2. The van der Waals surface area contributed by atoms with Gasteiger partial charge in [0.15, 0.2) is 0 Å². The number of hydrogen-bond acceptors (Lipinski definition) is 2. The van der Waals surface area contributed by atoms with Crippen LogP contribution in [0.25, 0.3) is 0 Å². The molecule has 0 heterocycles. The molecule has 2 aromatic rings. The summed E-state index contributed by atoms with van der Waals surface area (Å²) in [6.07, 6.45) is 1.66. The van der Waals surface area contributed by atoms with E-state index in [1.165, 1.54) is 12.1 Å². The number of carbonyl (C=O) groups is 1. The first-order chi connectivity index (χ1) is 11.0. The Morgan fingerprint density at radius 3 is 2.42 bits per heavy atom. The van der Waals surface area contributed by atoms with Crippen LogP contribution in [0.1, 0.15) is 36.9 Å². The van der Waals surface area contributed by atoms with Crippen LogP contribution < -0.4 is 11.1 Å². The van der Waals surface area contributed by atoms with E-state index in [1.54, 1.807) is 6.07 Å². The average molecular weight is 349 g/mol. The highest BCUT2D eigenvalue weighted by Crippen LogP contribution is 2.46.